The summed E-state index contributed by atoms with van der Waals surface area (Å²) < 4.78 is 45.7. The molecule has 38 heavy (non-hydrogen) atoms. The van der Waals surface area contributed by atoms with Gasteiger partial charge in [0.25, 0.3) is 10.1 Å². The lowest BCUT2D eigenvalue weighted by molar-refractivity contribution is -0.149. The van der Waals surface area contributed by atoms with Crippen LogP contribution in [0.4, 0.5) is 0 Å². The number of rotatable bonds is 8. The number of carbonyl (C=O) groups excluding carboxylic acids is 4. The highest BCUT2D eigenvalue weighted by molar-refractivity contribution is 7.86. The van der Waals surface area contributed by atoms with E-state index in [1.165, 1.54) is 63.4 Å². The Morgan fingerprint density at radius 1 is 0.947 bits per heavy atom. The van der Waals surface area contributed by atoms with Gasteiger partial charge in [0.15, 0.2) is 11.5 Å². The molecule has 3 rings (SSSR count). The summed E-state index contributed by atoms with van der Waals surface area (Å²) in [7, 11) is -2.97. The Morgan fingerprint density at radius 3 is 2.18 bits per heavy atom. The van der Waals surface area contributed by atoms with Crippen LogP contribution in [-0.4, -0.2) is 62.9 Å². The zero-order valence-corrected chi connectivity index (χ0v) is 22.0. The van der Waals surface area contributed by atoms with Gasteiger partial charge in [0, 0.05) is 32.9 Å². The first-order valence-corrected chi connectivity index (χ1v) is 12.9. The fourth-order valence-corrected chi connectivity index (χ4v) is 4.85. The molecule has 202 valence electrons. The number of esters is 3. The monoisotopic (exact) mass is 545 g/mol. The van der Waals surface area contributed by atoms with Crippen molar-refractivity contribution in [3.8, 4) is 11.5 Å². The van der Waals surface area contributed by atoms with E-state index in [0.29, 0.717) is 5.56 Å². The lowest BCUT2D eigenvalue weighted by Crippen LogP contribution is -2.40. The summed E-state index contributed by atoms with van der Waals surface area (Å²) >= 11 is 0. The average Bonchev–Trinajstić information content (AvgIpc) is 3.26. The van der Waals surface area contributed by atoms with Gasteiger partial charge < -0.3 is 19.1 Å². The molecule has 0 spiro atoms. The molecule has 2 aromatic rings. The van der Waals surface area contributed by atoms with Gasteiger partial charge in [-0.15, -0.1) is 0 Å². The van der Waals surface area contributed by atoms with E-state index in [-0.39, 0.29) is 29.4 Å². The number of nitrogens with zero attached hydrogens (tertiary/aromatic N) is 1. The zero-order chi connectivity index (χ0) is 28.0. The number of hydrogen-bond donors (Lipinski definition) is 0. The summed E-state index contributed by atoms with van der Waals surface area (Å²) in [4.78, 5) is 49.2. The van der Waals surface area contributed by atoms with E-state index in [1.807, 2.05) is 6.92 Å². The van der Waals surface area contributed by atoms with E-state index in [1.54, 1.807) is 12.1 Å². The van der Waals surface area contributed by atoms with E-state index in [0.717, 1.165) is 10.5 Å². The molecule has 0 N–H and O–H groups in total. The Labute approximate surface area is 220 Å². The fourth-order valence-electron chi connectivity index (χ4n) is 3.78. The van der Waals surface area contributed by atoms with Gasteiger partial charge in [-0.05, 0) is 42.8 Å². The molecule has 0 aromatic heterocycles. The summed E-state index contributed by atoms with van der Waals surface area (Å²) in [5.74, 6) is -2.56. The van der Waals surface area contributed by atoms with Crippen molar-refractivity contribution in [3.05, 3.63) is 59.7 Å². The molecular formula is C26H27NO10S. The molecule has 1 amide bonds. The third-order valence-electron chi connectivity index (χ3n) is 5.48. The molecule has 0 aliphatic carbocycles. The van der Waals surface area contributed by atoms with E-state index in [2.05, 4.69) is 0 Å². The first-order valence-electron chi connectivity index (χ1n) is 11.5. The molecule has 1 heterocycles. The van der Waals surface area contributed by atoms with Crippen molar-refractivity contribution in [1.29, 1.82) is 0 Å². The fraction of sp³-hybridized carbons (Fsp3) is 0.308. The molecule has 2 aromatic carbocycles. The van der Waals surface area contributed by atoms with Gasteiger partial charge in [-0.2, -0.15) is 8.42 Å². The Morgan fingerprint density at radius 2 is 1.58 bits per heavy atom. The second kappa shape index (κ2) is 12.0. The molecule has 11 nitrogen and oxygen atoms in total. The molecule has 1 aliphatic rings. The highest BCUT2D eigenvalue weighted by Gasteiger charge is 2.42. The quantitative estimate of drug-likeness (QED) is 0.210. The highest BCUT2D eigenvalue weighted by Crippen LogP contribution is 2.30. The van der Waals surface area contributed by atoms with Crippen molar-refractivity contribution in [1.82, 2.24) is 4.90 Å². The zero-order valence-electron chi connectivity index (χ0n) is 21.2. The van der Waals surface area contributed by atoms with Crippen LogP contribution in [0.2, 0.25) is 0 Å². The molecule has 0 bridgehead atoms. The van der Waals surface area contributed by atoms with Crippen LogP contribution in [0, 0.1) is 6.92 Å². The van der Waals surface area contributed by atoms with Gasteiger partial charge in [-0.1, -0.05) is 23.8 Å². The first kappa shape index (κ1) is 28.5. The van der Waals surface area contributed by atoms with Crippen LogP contribution in [0.5, 0.6) is 11.5 Å². The molecule has 0 saturated carbocycles. The topological polar surface area (TPSA) is 143 Å². The molecule has 1 saturated heterocycles. The SMILES string of the molecule is COC(=O)[C@@H]1C[C@@H](OS(=O)(=O)c2ccc(C)cc2)CN1C(=O)/C=C/c1ccc(OC(C)=O)c(OC(C)=O)c1. The number of benzene rings is 2. The summed E-state index contributed by atoms with van der Waals surface area (Å²) in [6, 6.07) is 9.36. The summed E-state index contributed by atoms with van der Waals surface area (Å²) in [5, 5.41) is 0. The lowest BCUT2D eigenvalue weighted by atomic mass is 10.1. The molecule has 12 heteroatoms. The molecule has 2 atom stereocenters. The number of aryl methyl sites for hydroxylation is 1. The summed E-state index contributed by atoms with van der Waals surface area (Å²) in [5.41, 5.74) is 1.30. The van der Waals surface area contributed by atoms with Gasteiger partial charge in [0.05, 0.1) is 18.1 Å². The molecule has 0 unspecified atom stereocenters. The van der Waals surface area contributed by atoms with E-state index in [4.69, 9.17) is 18.4 Å². The first-order chi connectivity index (χ1) is 17.9. The molecule has 1 fully saturated rings. The van der Waals surface area contributed by atoms with Crippen LogP contribution < -0.4 is 9.47 Å². The van der Waals surface area contributed by atoms with Gasteiger partial charge in [0.2, 0.25) is 5.91 Å². The van der Waals surface area contributed by atoms with Gasteiger partial charge >= 0.3 is 17.9 Å². The van der Waals surface area contributed by atoms with Crippen molar-refractivity contribution in [2.75, 3.05) is 13.7 Å². The number of likely N-dealkylation sites (tertiary alicyclic amines) is 1. The second-order valence-electron chi connectivity index (χ2n) is 8.48. The Bertz CT molecular complexity index is 1360. The third-order valence-corrected chi connectivity index (χ3v) is 6.86. The number of ether oxygens (including phenoxy) is 3. The number of carbonyl (C=O) groups is 4. The predicted molar refractivity (Wildman–Crippen MR) is 133 cm³/mol. The maximum Gasteiger partial charge on any atom is 0.328 e. The van der Waals surface area contributed by atoms with Gasteiger partial charge in [0.1, 0.15) is 6.04 Å². The Kier molecular flexibility index (Phi) is 9.02. The minimum atomic E-state index is -4.13. The average molecular weight is 546 g/mol. The lowest BCUT2D eigenvalue weighted by Gasteiger charge is -2.20. The minimum absolute atomic E-state index is 0.0225. The van der Waals surface area contributed by atoms with Crippen molar-refractivity contribution in [2.45, 2.75) is 44.2 Å². The molecule has 1 aliphatic heterocycles. The van der Waals surface area contributed by atoms with Crippen molar-refractivity contribution >= 4 is 40.0 Å². The normalized spacial score (nSPS) is 17.3. The Balaban J connectivity index is 1.79. The maximum absolute atomic E-state index is 13.0. The van der Waals surface area contributed by atoms with Crippen molar-refractivity contribution < 1.29 is 46.0 Å². The van der Waals surface area contributed by atoms with Crippen molar-refractivity contribution in [3.63, 3.8) is 0 Å². The summed E-state index contributed by atoms with van der Waals surface area (Å²) in [6.45, 7) is 4.03. The van der Waals surface area contributed by atoms with E-state index in [9.17, 15) is 27.6 Å². The van der Waals surface area contributed by atoms with Crippen LogP contribution in [-0.2, 0) is 38.2 Å². The number of amides is 1. The van der Waals surface area contributed by atoms with Crippen LogP contribution in [0.25, 0.3) is 6.08 Å². The van der Waals surface area contributed by atoms with Gasteiger partial charge in [-0.25, -0.2) is 4.79 Å². The van der Waals surface area contributed by atoms with E-state index >= 15 is 0 Å². The van der Waals surface area contributed by atoms with Crippen molar-refractivity contribution in [2.24, 2.45) is 0 Å². The van der Waals surface area contributed by atoms with Crippen LogP contribution in [0.3, 0.4) is 0 Å². The largest absolute Gasteiger partial charge is 0.467 e. The molecular weight excluding hydrogens is 518 g/mol. The summed E-state index contributed by atoms with van der Waals surface area (Å²) in [6.07, 6.45) is 1.52. The Hall–Kier alpha value is -4.03. The van der Waals surface area contributed by atoms with Crippen LogP contribution >= 0.6 is 0 Å². The smallest absolute Gasteiger partial charge is 0.328 e. The predicted octanol–water partition coefficient (Wildman–Crippen LogP) is 2.41. The number of hydrogen-bond acceptors (Lipinski definition) is 10. The third kappa shape index (κ3) is 7.26. The van der Waals surface area contributed by atoms with Gasteiger partial charge in [-0.3, -0.25) is 18.6 Å². The standard InChI is InChI=1S/C26H27NO10S/c1-16-5-9-21(10-6-16)38(32,33)37-20-14-22(26(31)34-4)27(15-20)25(30)12-8-19-7-11-23(35-17(2)28)24(13-19)36-18(3)29/h5-13,20,22H,14-15H2,1-4H3/b12-8+/t20-,22+/m1/s1. The van der Waals surface area contributed by atoms with E-state index < -0.39 is 46.1 Å². The second-order valence-corrected chi connectivity index (χ2v) is 10.0. The molecule has 0 radical (unpaired) electrons. The number of methoxy groups -OCH3 is 1. The maximum atomic E-state index is 13.0. The van der Waals surface area contributed by atoms with Crippen LogP contribution in [0.1, 0.15) is 31.4 Å². The van der Waals surface area contributed by atoms with Crippen LogP contribution in [0.15, 0.2) is 53.4 Å². The highest BCUT2D eigenvalue weighted by atomic mass is 32.2. The minimum Gasteiger partial charge on any atom is -0.467 e.